The molecule has 6 atom stereocenters. The summed E-state index contributed by atoms with van der Waals surface area (Å²) in [5.41, 5.74) is 3.01. The van der Waals surface area contributed by atoms with Crippen molar-refractivity contribution in [1.29, 1.82) is 0 Å². The maximum Gasteiger partial charge on any atom is 0.138 e. The smallest absolute Gasteiger partial charge is 0.138 e. The van der Waals surface area contributed by atoms with Crippen LogP contribution in [0.4, 0.5) is 8.78 Å². The van der Waals surface area contributed by atoms with E-state index in [1.807, 2.05) is 30.8 Å². The molecule has 4 aliphatic heterocycles. The molecule has 3 N–H and O–H groups in total. The number of rotatable bonds is 14. The van der Waals surface area contributed by atoms with Gasteiger partial charge in [-0.1, -0.05) is 52.0 Å². The summed E-state index contributed by atoms with van der Waals surface area (Å²) in [6.45, 7) is 5.76. The highest BCUT2D eigenvalue weighted by molar-refractivity contribution is 14.1. The number of alkyl halides is 2. The number of halogens is 4. The first-order valence-electron chi connectivity index (χ1n) is 16.4. The average molecular weight is 840 g/mol. The lowest BCUT2D eigenvalue weighted by molar-refractivity contribution is 0.0165. The van der Waals surface area contributed by atoms with E-state index < -0.39 is 23.6 Å². The van der Waals surface area contributed by atoms with Gasteiger partial charge < -0.3 is 25.5 Å². The molecule has 6 rings (SSSR count). The summed E-state index contributed by atoms with van der Waals surface area (Å²) < 4.78 is 29.0. The SMILES string of the molecule is CC(F)/C=C1/C=CC(C2=C3C[C@H](NCCNC(C)CC(O)(CCI)c4nccs4)CN3C(C3SC=CN3C)=N[C@H]2c2ccc(F)cc2Cl)=N1. The van der Waals surface area contributed by atoms with Crippen molar-refractivity contribution in [3.8, 4) is 0 Å². The van der Waals surface area contributed by atoms with E-state index in [-0.39, 0.29) is 17.5 Å². The summed E-state index contributed by atoms with van der Waals surface area (Å²) >= 11 is 12.2. The van der Waals surface area contributed by atoms with Crippen molar-refractivity contribution in [1.82, 2.24) is 25.4 Å². The van der Waals surface area contributed by atoms with E-state index in [9.17, 15) is 13.9 Å². The van der Waals surface area contributed by atoms with Crippen LogP contribution >= 0.6 is 57.3 Å². The number of nitrogens with zero attached hydrogens (tertiary/aromatic N) is 5. The van der Waals surface area contributed by atoms with E-state index >= 15 is 0 Å². The van der Waals surface area contributed by atoms with Gasteiger partial charge in [-0.15, -0.1) is 11.3 Å². The van der Waals surface area contributed by atoms with E-state index in [1.165, 1.54) is 36.5 Å². The second kappa shape index (κ2) is 16.0. The standard InChI is InChI=1S/C35H41ClF2IN7OS2/c1-21(37)16-24-5-7-28(43-24)30-29-18-25(41-11-10-40-22(2)19-35(47,8-9-39)34-42-12-14-49-34)20-46(29)32(33-45(3)13-15-48-33)44-31(30)26-6-4-23(38)17-27(26)36/h4-7,12-17,21-22,25,31,33,40-41,47H,8-11,18-20H2,1-3H3/b24-16-/t21?,22?,25-,31-,33?,35?/m0/s1. The molecule has 2 aromatic rings. The Morgan fingerprint density at radius 2 is 2.10 bits per heavy atom. The molecular formula is C35H41ClF2IN7OS2. The van der Waals surface area contributed by atoms with Crippen LogP contribution in [0.15, 0.2) is 86.6 Å². The van der Waals surface area contributed by atoms with E-state index in [4.69, 9.17) is 21.6 Å². The number of aromatic nitrogens is 1. The van der Waals surface area contributed by atoms with Gasteiger partial charge in [0.25, 0.3) is 0 Å². The number of likely N-dealkylation sites (N-methyl/N-ethyl adjacent to an activating group) is 1. The van der Waals surface area contributed by atoms with Crippen molar-refractivity contribution < 1.29 is 13.9 Å². The van der Waals surface area contributed by atoms with Gasteiger partial charge in [0, 0.05) is 89.2 Å². The second-order valence-corrected chi connectivity index (χ2v) is 16.2. The Morgan fingerprint density at radius 3 is 2.80 bits per heavy atom. The Hall–Kier alpha value is -2.14. The van der Waals surface area contributed by atoms with Gasteiger partial charge >= 0.3 is 0 Å². The number of allylic oxidation sites excluding steroid dienone is 3. The first kappa shape index (κ1) is 36.6. The zero-order chi connectivity index (χ0) is 34.7. The highest BCUT2D eigenvalue weighted by atomic mass is 127. The van der Waals surface area contributed by atoms with Crippen molar-refractivity contribution in [3.05, 3.63) is 98.0 Å². The molecular weight excluding hydrogens is 799 g/mol. The van der Waals surface area contributed by atoms with E-state index in [2.05, 4.69) is 60.3 Å². The minimum atomic E-state index is -1.14. The lowest BCUT2D eigenvalue weighted by Gasteiger charge is -2.37. The molecule has 1 fully saturated rings. The predicted octanol–water partition coefficient (Wildman–Crippen LogP) is 7.12. The maximum absolute atomic E-state index is 14.2. The van der Waals surface area contributed by atoms with Crippen LogP contribution in [0.5, 0.6) is 0 Å². The van der Waals surface area contributed by atoms with Crippen molar-refractivity contribution >= 4 is 68.8 Å². The molecule has 0 amide bonds. The predicted molar refractivity (Wildman–Crippen MR) is 207 cm³/mol. The zero-order valence-corrected chi connectivity index (χ0v) is 32.2. The molecule has 14 heteroatoms. The van der Waals surface area contributed by atoms with Gasteiger partial charge in [0.15, 0.2) is 0 Å². The van der Waals surface area contributed by atoms with Gasteiger partial charge in [0.2, 0.25) is 0 Å². The minimum Gasteiger partial charge on any atom is -0.383 e. The molecule has 8 nitrogen and oxygen atoms in total. The van der Waals surface area contributed by atoms with Crippen LogP contribution in [0.1, 0.15) is 49.7 Å². The molecule has 5 heterocycles. The molecule has 0 saturated carbocycles. The van der Waals surface area contributed by atoms with Crippen LogP contribution in [0.25, 0.3) is 0 Å². The van der Waals surface area contributed by atoms with Gasteiger partial charge in [-0.05, 0) is 62.5 Å². The second-order valence-electron chi connectivity index (χ2n) is 12.8. The number of fused-ring (bicyclic) bond motifs is 1. The van der Waals surface area contributed by atoms with Gasteiger partial charge in [0.05, 0.1) is 11.4 Å². The zero-order valence-electron chi connectivity index (χ0n) is 27.6. The number of thioether (sulfide) groups is 1. The molecule has 49 heavy (non-hydrogen) atoms. The van der Waals surface area contributed by atoms with E-state index in [0.717, 1.165) is 46.1 Å². The van der Waals surface area contributed by atoms with E-state index in [1.54, 1.807) is 24.0 Å². The number of hydrogen-bond donors (Lipinski definition) is 3. The molecule has 4 aliphatic rings. The Balaban J connectivity index is 1.24. The van der Waals surface area contributed by atoms with Crippen LogP contribution in [0.2, 0.25) is 5.02 Å². The molecule has 1 aromatic carbocycles. The van der Waals surface area contributed by atoms with Gasteiger partial charge in [-0.3, -0.25) is 4.99 Å². The Kier molecular flexibility index (Phi) is 12.0. The average Bonchev–Trinajstić information content (AvgIpc) is 3.87. The molecule has 0 aliphatic carbocycles. The molecule has 4 unspecified atom stereocenters. The Labute approximate surface area is 313 Å². The summed E-state index contributed by atoms with van der Waals surface area (Å²) in [7, 11) is 2.04. The Morgan fingerprint density at radius 1 is 1.27 bits per heavy atom. The lowest BCUT2D eigenvalue weighted by Crippen LogP contribution is -2.45. The third-order valence-electron chi connectivity index (χ3n) is 9.01. The monoisotopic (exact) mass is 839 g/mol. The fourth-order valence-electron chi connectivity index (χ4n) is 6.78. The molecule has 0 spiro atoms. The minimum absolute atomic E-state index is 0.0393. The van der Waals surface area contributed by atoms with Crippen molar-refractivity contribution in [2.24, 2.45) is 9.98 Å². The van der Waals surface area contributed by atoms with Crippen LogP contribution in [0, 0.1) is 5.82 Å². The molecule has 1 aromatic heterocycles. The normalized spacial score (nSPS) is 25.2. The molecule has 0 bridgehead atoms. The number of thiazole rings is 1. The summed E-state index contributed by atoms with van der Waals surface area (Å²) in [6.07, 6.45) is 9.84. The van der Waals surface area contributed by atoms with Crippen molar-refractivity contribution in [3.63, 3.8) is 0 Å². The summed E-state index contributed by atoms with van der Waals surface area (Å²) in [4.78, 5) is 19.0. The number of amidine groups is 1. The fraction of sp³-hybridized carbons (Fsp3) is 0.457. The summed E-state index contributed by atoms with van der Waals surface area (Å²) in [5, 5.41) is 23.8. The van der Waals surface area contributed by atoms with E-state index in [0.29, 0.717) is 41.4 Å². The highest BCUT2D eigenvalue weighted by Gasteiger charge is 2.43. The molecule has 1 saturated heterocycles. The molecule has 262 valence electrons. The highest BCUT2D eigenvalue weighted by Crippen LogP contribution is 2.45. The Bertz CT molecular complexity index is 1700. The first-order valence-corrected chi connectivity index (χ1v) is 20.1. The fourth-order valence-corrected chi connectivity index (χ4v) is 9.70. The topological polar surface area (TPSA) is 88.4 Å². The summed E-state index contributed by atoms with van der Waals surface area (Å²) in [5.74, 6) is 0.496. The largest absolute Gasteiger partial charge is 0.383 e. The third kappa shape index (κ3) is 8.34. The van der Waals surface area contributed by atoms with Gasteiger partial charge in [0.1, 0.15) is 39.8 Å². The maximum atomic E-state index is 14.2. The van der Waals surface area contributed by atoms with Crippen LogP contribution in [-0.2, 0) is 5.60 Å². The lowest BCUT2D eigenvalue weighted by atomic mass is 9.91. The number of aliphatic imine (C=N–C) groups is 2. The van der Waals surface area contributed by atoms with Crippen molar-refractivity contribution in [2.45, 2.75) is 68.4 Å². The molecule has 0 radical (unpaired) electrons. The van der Waals surface area contributed by atoms with Gasteiger partial charge in [-0.25, -0.2) is 18.8 Å². The number of hydrogen-bond acceptors (Lipinski definition) is 10. The number of benzene rings is 1. The van der Waals surface area contributed by atoms with Crippen LogP contribution < -0.4 is 10.6 Å². The quantitative estimate of drug-likeness (QED) is 0.106. The summed E-state index contributed by atoms with van der Waals surface area (Å²) in [6, 6.07) is 4.14. The van der Waals surface area contributed by atoms with Crippen LogP contribution in [0.3, 0.4) is 0 Å². The number of aliphatic hydroxyl groups is 1. The van der Waals surface area contributed by atoms with Crippen LogP contribution in [-0.4, -0.2) is 86.2 Å². The third-order valence-corrected chi connectivity index (χ3v) is 11.9. The number of nitrogens with one attached hydrogen (secondary N) is 2. The van der Waals surface area contributed by atoms with Gasteiger partial charge in [-0.2, -0.15) is 0 Å². The first-order chi connectivity index (χ1) is 23.6. The van der Waals surface area contributed by atoms with Crippen molar-refractivity contribution in [2.75, 3.05) is 31.1 Å².